The molecule has 1 N–H and O–H groups in total. The first-order chi connectivity index (χ1) is 18.6. The number of ether oxygens (including phenoxy) is 1. The summed E-state index contributed by atoms with van der Waals surface area (Å²) in [6, 6.07) is 23.2. The van der Waals surface area contributed by atoms with Gasteiger partial charge in [-0.1, -0.05) is 43.7 Å². The van der Waals surface area contributed by atoms with Crippen LogP contribution in [0.3, 0.4) is 0 Å². The van der Waals surface area contributed by atoms with Crippen molar-refractivity contribution < 1.29 is 9.13 Å². The minimum absolute atomic E-state index is 0.139. The molecule has 2 heterocycles. The molecule has 0 bridgehead atoms. The van der Waals surface area contributed by atoms with Gasteiger partial charge < -0.3 is 9.72 Å². The zero-order valence-electron chi connectivity index (χ0n) is 20.7. The molecule has 2 aromatic heterocycles. The molecule has 5 aromatic rings. The molecule has 0 fully saturated rings. The van der Waals surface area contributed by atoms with E-state index in [4.69, 9.17) is 9.84 Å². The Morgan fingerprint density at radius 2 is 1.92 bits per heavy atom. The number of hydrogen-bond donors (Lipinski definition) is 1. The Bertz CT molecular complexity index is 1730. The van der Waals surface area contributed by atoms with E-state index in [1.54, 1.807) is 53.4 Å². The Kier molecular flexibility index (Phi) is 7.09. The van der Waals surface area contributed by atoms with Crippen molar-refractivity contribution >= 4 is 22.6 Å². The largest absolute Gasteiger partial charge is 0.491 e. The number of nitrogens with zero attached hydrogens (tertiary/aromatic N) is 4. The molecule has 7 nitrogen and oxygen atoms in total. The number of hydrogen-bond acceptors (Lipinski definition) is 5. The molecule has 0 radical (unpaired) electrons. The highest BCUT2D eigenvalue weighted by Crippen LogP contribution is 2.30. The third-order valence-corrected chi connectivity index (χ3v) is 6.01. The van der Waals surface area contributed by atoms with Crippen molar-refractivity contribution in [1.29, 1.82) is 5.26 Å². The summed E-state index contributed by atoms with van der Waals surface area (Å²) in [7, 11) is 0. The lowest BCUT2D eigenvalue weighted by molar-refractivity contribution is 0.294. The van der Waals surface area contributed by atoms with Crippen molar-refractivity contribution in [2.75, 3.05) is 6.61 Å². The van der Waals surface area contributed by atoms with Crippen LogP contribution in [0.1, 0.15) is 31.2 Å². The van der Waals surface area contributed by atoms with E-state index in [0.29, 0.717) is 34.3 Å². The number of nitriles is 1. The summed E-state index contributed by atoms with van der Waals surface area (Å²) in [6.07, 6.45) is 5.13. The van der Waals surface area contributed by atoms with Gasteiger partial charge in [0.15, 0.2) is 17.4 Å². The van der Waals surface area contributed by atoms with Gasteiger partial charge in [0.25, 0.3) is 5.56 Å². The monoisotopic (exact) mass is 505 g/mol. The highest BCUT2D eigenvalue weighted by atomic mass is 19.1. The third-order valence-electron chi connectivity index (χ3n) is 6.01. The number of allylic oxidation sites excluding steroid dienone is 1. The number of aromatic amines is 1. The van der Waals surface area contributed by atoms with Crippen LogP contribution < -0.4 is 10.3 Å². The molecular formula is C30H24FN5O2. The number of unbranched alkanes of at least 4 members (excludes halogenated alkanes) is 1. The summed E-state index contributed by atoms with van der Waals surface area (Å²) in [4.78, 5) is 19.8. The second-order valence-corrected chi connectivity index (χ2v) is 8.66. The number of aromatic nitrogens is 4. The molecular weight excluding hydrogens is 481 g/mol. The van der Waals surface area contributed by atoms with Crippen LogP contribution in [0.15, 0.2) is 83.8 Å². The van der Waals surface area contributed by atoms with Crippen LogP contribution >= 0.6 is 0 Å². The van der Waals surface area contributed by atoms with Crippen molar-refractivity contribution in [3.05, 3.63) is 107 Å². The maximum atomic E-state index is 14.9. The first-order valence-corrected chi connectivity index (χ1v) is 12.3. The third kappa shape index (κ3) is 5.08. The van der Waals surface area contributed by atoms with Crippen molar-refractivity contribution in [2.45, 2.75) is 19.8 Å². The zero-order chi connectivity index (χ0) is 26.5. The van der Waals surface area contributed by atoms with Crippen LogP contribution in [0.25, 0.3) is 39.5 Å². The fraction of sp³-hybridized carbons (Fsp3) is 0.133. The topological polar surface area (TPSA) is 96.6 Å². The molecule has 0 aliphatic heterocycles. The molecule has 0 spiro atoms. The van der Waals surface area contributed by atoms with Crippen LogP contribution in [0.5, 0.6) is 5.75 Å². The van der Waals surface area contributed by atoms with Gasteiger partial charge in [-0.3, -0.25) is 4.79 Å². The van der Waals surface area contributed by atoms with Crippen molar-refractivity contribution in [2.24, 2.45) is 0 Å². The molecule has 3 aromatic carbocycles. The molecule has 188 valence electrons. The fourth-order valence-corrected chi connectivity index (χ4v) is 4.04. The highest BCUT2D eigenvalue weighted by molar-refractivity contribution is 5.91. The number of rotatable bonds is 8. The summed E-state index contributed by atoms with van der Waals surface area (Å²) in [5.41, 5.74) is 2.61. The van der Waals surface area contributed by atoms with E-state index in [0.717, 1.165) is 18.5 Å². The fourth-order valence-electron chi connectivity index (χ4n) is 4.04. The van der Waals surface area contributed by atoms with Crippen molar-refractivity contribution in [3.8, 4) is 28.8 Å². The number of fused-ring (bicyclic) bond motifs is 1. The minimum atomic E-state index is -0.496. The van der Waals surface area contributed by atoms with Crippen LogP contribution in [-0.4, -0.2) is 26.4 Å². The Balaban J connectivity index is 1.62. The lowest BCUT2D eigenvalue weighted by Gasteiger charge is -2.08. The SMILES string of the molecule is CCCCOc1ccc(-c2nn(-c3ccccc3)cc2C=C(C#N)c2nc3ccccc3c(=O)[nH]2)cc1F. The van der Waals surface area contributed by atoms with E-state index in [9.17, 15) is 14.4 Å². The molecule has 0 saturated heterocycles. The van der Waals surface area contributed by atoms with E-state index in [1.807, 2.05) is 37.3 Å². The zero-order valence-corrected chi connectivity index (χ0v) is 20.7. The van der Waals surface area contributed by atoms with Gasteiger partial charge in [-0.25, -0.2) is 14.1 Å². The standard InChI is InChI=1S/C30H24FN5O2/c1-2-3-15-38-27-14-13-20(17-25(27)31)28-22(19-36(35-28)23-9-5-4-6-10-23)16-21(18-32)29-33-26-12-8-7-11-24(26)30(37)34-29/h4-14,16-17,19H,2-3,15H2,1H3,(H,33,34,37). The molecule has 0 amide bonds. The second kappa shape index (κ2) is 10.9. The Labute approximate surface area is 218 Å². The summed E-state index contributed by atoms with van der Waals surface area (Å²) < 4.78 is 22.2. The Hall–Kier alpha value is -5.03. The Morgan fingerprint density at radius 3 is 2.68 bits per heavy atom. The smallest absolute Gasteiger partial charge is 0.259 e. The van der Waals surface area contributed by atoms with Gasteiger partial charge in [0.2, 0.25) is 0 Å². The number of halogens is 1. The van der Waals surface area contributed by atoms with Gasteiger partial charge in [0.05, 0.1) is 28.8 Å². The number of benzene rings is 3. The minimum Gasteiger partial charge on any atom is -0.491 e. The van der Waals surface area contributed by atoms with Gasteiger partial charge in [-0.05, 0) is 55.0 Å². The number of H-pyrrole nitrogens is 1. The van der Waals surface area contributed by atoms with Crippen LogP contribution in [0, 0.1) is 17.1 Å². The summed E-state index contributed by atoms with van der Waals surface area (Å²) in [5.74, 6) is -0.179. The lowest BCUT2D eigenvalue weighted by atomic mass is 10.1. The second-order valence-electron chi connectivity index (χ2n) is 8.66. The van der Waals surface area contributed by atoms with Gasteiger partial charge in [-0.2, -0.15) is 10.4 Å². The van der Waals surface area contributed by atoms with Crippen molar-refractivity contribution in [3.63, 3.8) is 0 Å². The van der Waals surface area contributed by atoms with Gasteiger partial charge in [0.1, 0.15) is 11.8 Å². The molecule has 0 saturated carbocycles. The lowest BCUT2D eigenvalue weighted by Crippen LogP contribution is -2.11. The highest BCUT2D eigenvalue weighted by Gasteiger charge is 2.16. The van der Waals surface area contributed by atoms with Crippen LogP contribution in [0.2, 0.25) is 0 Å². The quantitative estimate of drug-likeness (QED) is 0.201. The average Bonchev–Trinajstić information content (AvgIpc) is 3.37. The average molecular weight is 506 g/mol. The normalized spacial score (nSPS) is 11.4. The molecule has 0 atom stereocenters. The van der Waals surface area contributed by atoms with Crippen LogP contribution in [0.4, 0.5) is 4.39 Å². The van der Waals surface area contributed by atoms with Gasteiger partial charge in [-0.15, -0.1) is 0 Å². The Morgan fingerprint density at radius 1 is 1.13 bits per heavy atom. The molecule has 0 aliphatic carbocycles. The number of nitrogens with one attached hydrogen (secondary N) is 1. The van der Waals surface area contributed by atoms with E-state index in [1.165, 1.54) is 6.07 Å². The predicted molar refractivity (Wildman–Crippen MR) is 145 cm³/mol. The maximum Gasteiger partial charge on any atom is 0.259 e. The van der Waals surface area contributed by atoms with E-state index in [2.05, 4.69) is 16.0 Å². The summed E-state index contributed by atoms with van der Waals surface area (Å²) >= 11 is 0. The maximum absolute atomic E-state index is 14.9. The molecule has 8 heteroatoms. The summed E-state index contributed by atoms with van der Waals surface area (Å²) in [5, 5.41) is 15.1. The first-order valence-electron chi connectivity index (χ1n) is 12.3. The van der Waals surface area contributed by atoms with Crippen molar-refractivity contribution in [1.82, 2.24) is 19.7 Å². The van der Waals surface area contributed by atoms with Gasteiger partial charge in [0, 0.05) is 17.3 Å². The molecule has 0 aliphatic rings. The molecule has 38 heavy (non-hydrogen) atoms. The number of para-hydroxylation sites is 2. The molecule has 0 unspecified atom stereocenters. The van der Waals surface area contributed by atoms with Crippen LogP contribution in [-0.2, 0) is 0 Å². The predicted octanol–water partition coefficient (Wildman–Crippen LogP) is 6.16. The first kappa shape index (κ1) is 24.7. The van der Waals surface area contributed by atoms with E-state index < -0.39 is 5.82 Å². The summed E-state index contributed by atoms with van der Waals surface area (Å²) in [6.45, 7) is 2.48. The molecule has 5 rings (SSSR count). The van der Waals surface area contributed by atoms with E-state index in [-0.39, 0.29) is 22.7 Å². The van der Waals surface area contributed by atoms with Gasteiger partial charge >= 0.3 is 0 Å². The van der Waals surface area contributed by atoms with E-state index >= 15 is 0 Å².